The van der Waals surface area contributed by atoms with Crippen molar-refractivity contribution in [1.82, 2.24) is 24.3 Å². The Kier molecular flexibility index (Phi) is 6.70. The maximum atomic E-state index is 12.8. The van der Waals surface area contributed by atoms with Crippen LogP contribution in [-0.2, 0) is 7.05 Å². The Labute approximate surface area is 186 Å². The van der Waals surface area contributed by atoms with E-state index in [1.165, 1.54) is 4.57 Å². The molecule has 1 aliphatic heterocycles. The van der Waals surface area contributed by atoms with Crippen molar-refractivity contribution >= 4 is 28.6 Å². The Morgan fingerprint density at radius 3 is 2.68 bits per heavy atom. The summed E-state index contributed by atoms with van der Waals surface area (Å²) in [5, 5.41) is 4.43. The van der Waals surface area contributed by atoms with Crippen molar-refractivity contribution in [1.29, 1.82) is 0 Å². The third kappa shape index (κ3) is 5.15. The van der Waals surface area contributed by atoms with Gasteiger partial charge in [-0.25, -0.2) is 4.98 Å². The molecule has 0 spiro atoms. The predicted octanol–water partition coefficient (Wildman–Crippen LogP) is 2.82. The van der Waals surface area contributed by atoms with Crippen molar-refractivity contribution in [2.75, 3.05) is 51.6 Å². The van der Waals surface area contributed by atoms with E-state index in [0.29, 0.717) is 27.8 Å². The summed E-state index contributed by atoms with van der Waals surface area (Å²) in [6, 6.07) is 8.70. The molecule has 8 nitrogen and oxygen atoms in total. The lowest BCUT2D eigenvalue weighted by atomic mass is 10.3. The molecule has 1 N–H and O–H groups in total. The third-order valence-electron chi connectivity index (χ3n) is 5.50. The highest BCUT2D eigenvalue weighted by atomic mass is 35.5. The minimum atomic E-state index is -0.285. The second-order valence-electron chi connectivity index (χ2n) is 7.80. The molecular formula is C22H27ClN6O2. The number of aromatic nitrogens is 3. The number of piperazine rings is 1. The lowest BCUT2D eigenvalue weighted by Gasteiger charge is -2.32. The highest BCUT2D eigenvalue weighted by molar-refractivity contribution is 6.32. The zero-order chi connectivity index (χ0) is 21.8. The predicted molar refractivity (Wildman–Crippen MR) is 123 cm³/mol. The molecule has 1 aliphatic rings. The SMILES string of the molecule is CN1CCN(CCCNc2ncc3cc(Oc4ccccc4Cl)c(=O)n(C)c3n2)CC1. The molecule has 4 rings (SSSR count). The van der Waals surface area contributed by atoms with Crippen LogP contribution in [-0.4, -0.2) is 70.7 Å². The molecule has 0 unspecified atom stereocenters. The number of para-hydroxylation sites is 1. The van der Waals surface area contributed by atoms with Crippen LogP contribution in [0.25, 0.3) is 11.0 Å². The van der Waals surface area contributed by atoms with Crippen LogP contribution in [0.2, 0.25) is 5.02 Å². The number of nitrogens with zero attached hydrogens (tertiary/aromatic N) is 5. The Bertz CT molecular complexity index is 1110. The van der Waals surface area contributed by atoms with E-state index in [1.807, 2.05) is 0 Å². The number of rotatable bonds is 7. The van der Waals surface area contributed by atoms with Crippen molar-refractivity contribution in [3.63, 3.8) is 0 Å². The van der Waals surface area contributed by atoms with Crippen LogP contribution in [0.3, 0.4) is 0 Å². The molecule has 31 heavy (non-hydrogen) atoms. The van der Waals surface area contributed by atoms with E-state index < -0.39 is 0 Å². The van der Waals surface area contributed by atoms with Gasteiger partial charge in [-0.3, -0.25) is 9.36 Å². The largest absolute Gasteiger partial charge is 0.450 e. The topological polar surface area (TPSA) is 75.5 Å². The fraction of sp³-hybridized carbons (Fsp3) is 0.409. The molecule has 0 amide bonds. The molecule has 2 aromatic heterocycles. The van der Waals surface area contributed by atoms with E-state index in [9.17, 15) is 4.79 Å². The summed E-state index contributed by atoms with van der Waals surface area (Å²) >= 11 is 6.15. The zero-order valence-electron chi connectivity index (χ0n) is 17.8. The summed E-state index contributed by atoms with van der Waals surface area (Å²) < 4.78 is 7.23. The van der Waals surface area contributed by atoms with Gasteiger partial charge in [0.05, 0.1) is 5.02 Å². The van der Waals surface area contributed by atoms with Crippen LogP contribution < -0.4 is 15.6 Å². The van der Waals surface area contributed by atoms with Crippen LogP contribution in [0.4, 0.5) is 5.95 Å². The maximum Gasteiger partial charge on any atom is 0.294 e. The van der Waals surface area contributed by atoms with Crippen molar-refractivity contribution in [3.05, 3.63) is 51.9 Å². The van der Waals surface area contributed by atoms with Gasteiger partial charge in [-0.1, -0.05) is 23.7 Å². The first kappa shape index (κ1) is 21.5. The molecule has 0 bridgehead atoms. The zero-order valence-corrected chi connectivity index (χ0v) is 18.6. The fourth-order valence-electron chi connectivity index (χ4n) is 3.60. The van der Waals surface area contributed by atoms with Gasteiger partial charge < -0.3 is 19.9 Å². The average Bonchev–Trinajstić information content (AvgIpc) is 2.78. The van der Waals surface area contributed by atoms with Gasteiger partial charge in [-0.2, -0.15) is 4.98 Å². The Hall–Kier alpha value is -2.68. The van der Waals surface area contributed by atoms with Crippen LogP contribution in [0, 0.1) is 0 Å². The number of likely N-dealkylation sites (N-methyl/N-ethyl adjacent to an activating group) is 1. The van der Waals surface area contributed by atoms with E-state index >= 15 is 0 Å². The van der Waals surface area contributed by atoms with E-state index in [4.69, 9.17) is 16.3 Å². The van der Waals surface area contributed by atoms with E-state index in [1.54, 1.807) is 43.6 Å². The van der Waals surface area contributed by atoms with Crippen LogP contribution >= 0.6 is 11.6 Å². The molecule has 1 fully saturated rings. The monoisotopic (exact) mass is 442 g/mol. The van der Waals surface area contributed by atoms with Crippen molar-refractivity contribution in [3.8, 4) is 11.5 Å². The van der Waals surface area contributed by atoms with Crippen molar-refractivity contribution in [2.45, 2.75) is 6.42 Å². The Morgan fingerprint density at radius 2 is 1.90 bits per heavy atom. The van der Waals surface area contributed by atoms with E-state index in [-0.39, 0.29) is 11.3 Å². The maximum absolute atomic E-state index is 12.8. The molecule has 0 atom stereocenters. The molecule has 0 radical (unpaired) electrons. The van der Waals surface area contributed by atoms with Gasteiger partial charge >= 0.3 is 0 Å². The summed E-state index contributed by atoms with van der Waals surface area (Å²) in [5.74, 6) is 1.13. The van der Waals surface area contributed by atoms with Crippen LogP contribution in [0.15, 0.2) is 41.3 Å². The second kappa shape index (κ2) is 9.64. The van der Waals surface area contributed by atoms with Gasteiger partial charge in [0.25, 0.3) is 5.56 Å². The minimum Gasteiger partial charge on any atom is -0.450 e. The number of halogens is 1. The molecule has 1 aromatic carbocycles. The first-order chi connectivity index (χ1) is 15.0. The second-order valence-corrected chi connectivity index (χ2v) is 8.21. The number of nitrogens with one attached hydrogen (secondary N) is 1. The quantitative estimate of drug-likeness (QED) is 0.564. The van der Waals surface area contributed by atoms with Gasteiger partial charge in [-0.05, 0) is 38.2 Å². The molecule has 1 saturated heterocycles. The number of hydrogen-bond donors (Lipinski definition) is 1. The number of pyridine rings is 1. The lowest BCUT2D eigenvalue weighted by Crippen LogP contribution is -2.44. The number of anilines is 1. The van der Waals surface area contributed by atoms with Gasteiger partial charge in [-0.15, -0.1) is 0 Å². The van der Waals surface area contributed by atoms with E-state index in [2.05, 4.69) is 32.1 Å². The summed E-state index contributed by atoms with van der Waals surface area (Å²) in [7, 11) is 3.84. The Morgan fingerprint density at radius 1 is 1.13 bits per heavy atom. The van der Waals surface area contributed by atoms with Gasteiger partial charge in [0.15, 0.2) is 5.75 Å². The number of benzene rings is 1. The summed E-state index contributed by atoms with van der Waals surface area (Å²) in [6.07, 6.45) is 2.71. The Balaban J connectivity index is 1.42. The molecule has 9 heteroatoms. The van der Waals surface area contributed by atoms with E-state index in [0.717, 1.165) is 45.7 Å². The number of aryl methyl sites for hydroxylation is 1. The molecule has 0 saturated carbocycles. The van der Waals surface area contributed by atoms with Gasteiger partial charge in [0.1, 0.15) is 11.4 Å². The molecule has 0 aliphatic carbocycles. The van der Waals surface area contributed by atoms with Crippen LogP contribution in [0.5, 0.6) is 11.5 Å². The third-order valence-corrected chi connectivity index (χ3v) is 5.81. The fourth-order valence-corrected chi connectivity index (χ4v) is 3.77. The van der Waals surface area contributed by atoms with Crippen molar-refractivity contribution in [2.24, 2.45) is 7.05 Å². The summed E-state index contributed by atoms with van der Waals surface area (Å²) in [4.78, 5) is 26.5. The lowest BCUT2D eigenvalue weighted by molar-refractivity contribution is 0.154. The first-order valence-electron chi connectivity index (χ1n) is 10.5. The minimum absolute atomic E-state index is 0.180. The summed E-state index contributed by atoms with van der Waals surface area (Å²) in [6.45, 7) is 6.30. The van der Waals surface area contributed by atoms with Gasteiger partial charge in [0.2, 0.25) is 5.95 Å². The smallest absolute Gasteiger partial charge is 0.294 e. The van der Waals surface area contributed by atoms with Gasteiger partial charge in [0, 0.05) is 51.4 Å². The highest BCUT2D eigenvalue weighted by Crippen LogP contribution is 2.28. The summed E-state index contributed by atoms with van der Waals surface area (Å²) in [5.41, 5.74) is 0.264. The molecule has 164 valence electrons. The van der Waals surface area contributed by atoms with Crippen LogP contribution in [0.1, 0.15) is 6.42 Å². The average molecular weight is 443 g/mol. The number of ether oxygens (including phenoxy) is 1. The molecule has 3 aromatic rings. The highest BCUT2D eigenvalue weighted by Gasteiger charge is 2.14. The number of hydrogen-bond acceptors (Lipinski definition) is 7. The molecular weight excluding hydrogens is 416 g/mol. The number of fused-ring (bicyclic) bond motifs is 1. The standard InChI is InChI=1S/C22H27ClN6O2/c1-27-10-12-29(13-11-27)9-5-8-24-22-25-15-16-14-19(21(30)28(2)20(16)26-22)31-18-7-4-3-6-17(18)23/h3-4,6-7,14-15H,5,8-13H2,1-2H3,(H,24,25,26). The van der Waals surface area contributed by atoms with Crippen molar-refractivity contribution < 1.29 is 4.74 Å². The molecule has 3 heterocycles. The normalized spacial score (nSPS) is 15.3. The first-order valence-corrected chi connectivity index (χ1v) is 10.8.